The average Bonchev–Trinajstić information content (AvgIpc) is 3.05. The van der Waals surface area contributed by atoms with Gasteiger partial charge < -0.3 is 0 Å². The monoisotopic (exact) mass is 523 g/mol. The predicted octanol–water partition coefficient (Wildman–Crippen LogP) is 7.11. The third kappa shape index (κ3) is 3.59. The van der Waals surface area contributed by atoms with Gasteiger partial charge in [0.05, 0.1) is 0 Å². The molecule has 0 spiro atoms. The van der Waals surface area contributed by atoms with Gasteiger partial charge in [0.25, 0.3) is 0 Å². The van der Waals surface area contributed by atoms with Crippen molar-refractivity contribution in [1.29, 1.82) is 0 Å². The second-order valence-electron chi connectivity index (χ2n) is 7.90. The third-order valence-electron chi connectivity index (χ3n) is 4.42. The van der Waals surface area contributed by atoms with Crippen LogP contribution >= 0.6 is 0 Å². The molecule has 0 nitrogen and oxygen atoms in total. The van der Waals surface area contributed by atoms with Crippen LogP contribution in [0.4, 0.5) is 0 Å². The summed E-state index contributed by atoms with van der Waals surface area (Å²) in [5.41, 5.74) is 2.99. The van der Waals surface area contributed by atoms with Gasteiger partial charge in [-0.15, -0.1) is 0 Å². The molecule has 130 valence electrons. The molecular formula is C23H24PtSi. The predicted molar refractivity (Wildman–Crippen MR) is 110 cm³/mol. The SMILES string of the molecule is C[Si](C)(C)[CH2][Pt][CH]1C=CC=C1c1cccc2cc3ccccc3cc12. The van der Waals surface area contributed by atoms with Crippen LogP contribution < -0.4 is 0 Å². The standard InChI is InChI=1S/C19H13.C4H11Si.Pt/c1-2-7-14(6-1)18-11-5-10-17-12-15-8-3-4-9-16(15)13-19(17)18;1-5(2,3)4;/h1-13H;1H2,2-4H3;. The summed E-state index contributed by atoms with van der Waals surface area (Å²) in [7, 11) is -0.957. The number of hydrogen-bond acceptors (Lipinski definition) is 0. The number of rotatable bonds is 4. The quantitative estimate of drug-likeness (QED) is 0.253. The maximum atomic E-state index is 2.50. The van der Waals surface area contributed by atoms with E-state index < -0.39 is 8.07 Å². The number of fused-ring (bicyclic) bond motifs is 2. The fraction of sp³-hybridized carbons (Fsp3) is 0.217. The van der Waals surface area contributed by atoms with Gasteiger partial charge in [-0.3, -0.25) is 0 Å². The molecule has 0 fully saturated rings. The zero-order chi connectivity index (χ0) is 17.4. The zero-order valence-corrected chi connectivity index (χ0v) is 18.3. The summed E-state index contributed by atoms with van der Waals surface area (Å²) < 4.78 is 2.18. The molecule has 3 aromatic rings. The van der Waals surface area contributed by atoms with E-state index in [-0.39, 0.29) is 18.6 Å². The van der Waals surface area contributed by atoms with Gasteiger partial charge in [-0.25, -0.2) is 0 Å². The van der Waals surface area contributed by atoms with Crippen LogP contribution in [-0.4, -0.2) is 8.07 Å². The number of hydrogen-bond donors (Lipinski definition) is 0. The molecule has 0 aliphatic heterocycles. The molecule has 0 saturated carbocycles. The Morgan fingerprint density at radius 3 is 2.36 bits per heavy atom. The van der Waals surface area contributed by atoms with E-state index in [9.17, 15) is 0 Å². The summed E-state index contributed by atoms with van der Waals surface area (Å²) in [6.07, 6.45) is 7.09. The van der Waals surface area contributed by atoms with Crippen LogP contribution in [0.5, 0.6) is 0 Å². The van der Waals surface area contributed by atoms with Crippen LogP contribution in [0.25, 0.3) is 27.1 Å². The summed E-state index contributed by atoms with van der Waals surface area (Å²) in [5, 5.41) is 5.42. The van der Waals surface area contributed by atoms with E-state index in [0.717, 1.165) is 0 Å². The van der Waals surface area contributed by atoms with E-state index in [1.165, 1.54) is 31.5 Å². The van der Waals surface area contributed by atoms with Crippen molar-refractivity contribution >= 4 is 35.2 Å². The molecule has 2 heteroatoms. The van der Waals surface area contributed by atoms with Gasteiger partial charge >= 0.3 is 161 Å². The first-order valence-electron chi connectivity index (χ1n) is 8.81. The molecular weight excluding hydrogens is 499 g/mol. The van der Waals surface area contributed by atoms with Gasteiger partial charge in [0.15, 0.2) is 0 Å². The Bertz CT molecular complexity index is 992. The van der Waals surface area contributed by atoms with Gasteiger partial charge in [0.1, 0.15) is 0 Å². The average molecular weight is 524 g/mol. The molecule has 3 aromatic carbocycles. The van der Waals surface area contributed by atoms with Gasteiger partial charge in [-0.05, 0) is 0 Å². The Labute approximate surface area is 160 Å². The van der Waals surface area contributed by atoms with Crippen LogP contribution in [0, 0.1) is 0 Å². The summed E-state index contributed by atoms with van der Waals surface area (Å²) in [5.74, 6) is 0. The van der Waals surface area contributed by atoms with E-state index in [1.54, 1.807) is 5.57 Å². The normalized spacial score (nSPS) is 17.6. The van der Waals surface area contributed by atoms with Crippen LogP contribution in [0.15, 0.2) is 72.8 Å². The van der Waals surface area contributed by atoms with Crippen molar-refractivity contribution in [2.45, 2.75) is 28.4 Å². The Kier molecular flexibility index (Phi) is 4.56. The van der Waals surface area contributed by atoms with Crippen molar-refractivity contribution < 1.29 is 18.6 Å². The van der Waals surface area contributed by atoms with E-state index in [2.05, 4.69) is 92.5 Å². The molecule has 0 heterocycles. The Morgan fingerprint density at radius 1 is 0.880 bits per heavy atom. The minimum atomic E-state index is -0.957. The second kappa shape index (κ2) is 6.70. The maximum absolute atomic E-state index is 2.50. The molecule has 0 N–H and O–H groups in total. The van der Waals surface area contributed by atoms with E-state index in [4.69, 9.17) is 0 Å². The molecule has 1 aliphatic rings. The Morgan fingerprint density at radius 2 is 1.60 bits per heavy atom. The molecule has 0 saturated heterocycles. The second-order valence-corrected chi connectivity index (χ2v) is 18.0. The molecule has 1 aliphatic carbocycles. The number of allylic oxidation sites excluding steroid dienone is 4. The van der Waals surface area contributed by atoms with Crippen molar-refractivity contribution in [3.63, 3.8) is 0 Å². The van der Waals surface area contributed by atoms with Crippen LogP contribution in [-0.2, 0) is 18.6 Å². The van der Waals surface area contributed by atoms with Gasteiger partial charge in [0, 0.05) is 0 Å². The summed E-state index contributed by atoms with van der Waals surface area (Å²) in [4.78, 5) is 0. The molecule has 0 amide bonds. The van der Waals surface area contributed by atoms with E-state index in [0.29, 0.717) is 4.31 Å². The van der Waals surface area contributed by atoms with Crippen molar-refractivity contribution in [3.8, 4) is 0 Å². The van der Waals surface area contributed by atoms with Crippen molar-refractivity contribution in [2.24, 2.45) is 0 Å². The molecule has 4 rings (SSSR count). The summed E-state index contributed by atoms with van der Waals surface area (Å²) in [6.45, 7) is 7.50. The van der Waals surface area contributed by atoms with Crippen molar-refractivity contribution in [3.05, 3.63) is 78.4 Å². The van der Waals surface area contributed by atoms with E-state index in [1.807, 2.05) is 0 Å². The zero-order valence-electron chi connectivity index (χ0n) is 15.0. The topological polar surface area (TPSA) is 0 Å². The summed E-state index contributed by atoms with van der Waals surface area (Å²) in [6, 6.07) is 20.2. The molecule has 0 radical (unpaired) electrons. The fourth-order valence-corrected chi connectivity index (χ4v) is 11.1. The molecule has 25 heavy (non-hydrogen) atoms. The van der Waals surface area contributed by atoms with Crippen LogP contribution in [0.2, 0.25) is 28.4 Å². The van der Waals surface area contributed by atoms with Crippen molar-refractivity contribution in [1.82, 2.24) is 0 Å². The van der Waals surface area contributed by atoms with E-state index >= 15 is 0 Å². The fourth-order valence-electron chi connectivity index (χ4n) is 3.26. The van der Waals surface area contributed by atoms with Crippen LogP contribution in [0.1, 0.15) is 5.56 Å². The minimum absolute atomic E-state index is 0.169. The van der Waals surface area contributed by atoms with Gasteiger partial charge in [-0.2, -0.15) is 0 Å². The molecule has 1 atom stereocenters. The first-order valence-corrected chi connectivity index (χ1v) is 15.4. The first kappa shape index (κ1) is 17.0. The molecule has 1 unspecified atom stereocenters. The van der Waals surface area contributed by atoms with Crippen LogP contribution in [0.3, 0.4) is 0 Å². The van der Waals surface area contributed by atoms with Crippen molar-refractivity contribution in [2.75, 3.05) is 0 Å². The Balaban J connectivity index is 1.77. The van der Waals surface area contributed by atoms with Gasteiger partial charge in [0.2, 0.25) is 0 Å². The summed E-state index contributed by atoms with van der Waals surface area (Å²) >= 11 is 0.169. The molecule has 0 bridgehead atoms. The van der Waals surface area contributed by atoms with Gasteiger partial charge in [-0.1, -0.05) is 0 Å². The Hall–Kier alpha value is -1.43. The number of benzene rings is 3. The molecule has 0 aromatic heterocycles. The third-order valence-corrected chi connectivity index (χ3v) is 16.0. The first-order chi connectivity index (χ1) is 12.0.